The Balaban J connectivity index is 1.78. The van der Waals surface area contributed by atoms with Crippen molar-refractivity contribution >= 4 is 11.9 Å². The molecule has 2 aliphatic rings. The van der Waals surface area contributed by atoms with E-state index < -0.39 is 12.1 Å². The minimum absolute atomic E-state index is 0.0142. The van der Waals surface area contributed by atoms with Gasteiger partial charge in [0.25, 0.3) is 5.91 Å². The lowest BCUT2D eigenvalue weighted by molar-refractivity contribution is -0.137. The Bertz CT molecular complexity index is 973. The van der Waals surface area contributed by atoms with Crippen LogP contribution < -0.4 is 0 Å². The first-order valence-corrected chi connectivity index (χ1v) is 11.4. The Labute approximate surface area is 190 Å². The fourth-order valence-electron chi connectivity index (χ4n) is 4.90. The summed E-state index contributed by atoms with van der Waals surface area (Å²) in [6, 6.07) is 1.44. The van der Waals surface area contributed by atoms with Gasteiger partial charge < -0.3 is 20.2 Å². The van der Waals surface area contributed by atoms with Crippen LogP contribution in [0.2, 0.25) is 0 Å². The van der Waals surface area contributed by atoms with Gasteiger partial charge in [-0.3, -0.25) is 9.59 Å². The predicted octanol–water partition coefficient (Wildman–Crippen LogP) is 4.37. The Morgan fingerprint density at radius 3 is 2.56 bits per heavy atom. The SMILES string of the molecule is CC(C)=CCCC(C)=CCCC1(C)Cc2c(c(O)cc3c2CN(CC(=O)O)C3=O)CC1O. The zero-order valence-electron chi connectivity index (χ0n) is 19.6. The van der Waals surface area contributed by atoms with Gasteiger partial charge in [-0.1, -0.05) is 30.2 Å². The molecule has 1 aromatic rings. The summed E-state index contributed by atoms with van der Waals surface area (Å²) < 4.78 is 0. The quantitative estimate of drug-likeness (QED) is 0.521. The summed E-state index contributed by atoms with van der Waals surface area (Å²) in [5, 5.41) is 30.6. The molecule has 0 fully saturated rings. The zero-order chi connectivity index (χ0) is 23.6. The standard InChI is InChI=1S/C26H35NO5/c1-16(2)7-5-8-17(3)9-6-10-26(4)13-20-18(12-23(26)29)22(28)11-19-21(20)14-27(25(19)32)15-24(30)31/h7,9,11,23,28-29H,5-6,8,10,12-15H2,1-4H3,(H,30,31). The number of rotatable bonds is 8. The van der Waals surface area contributed by atoms with E-state index in [-0.39, 0.29) is 30.2 Å². The summed E-state index contributed by atoms with van der Waals surface area (Å²) in [7, 11) is 0. The number of carboxylic acid groups (broad SMARTS) is 1. The molecular weight excluding hydrogens is 406 g/mol. The first-order valence-electron chi connectivity index (χ1n) is 11.4. The second-order valence-electron chi connectivity index (χ2n) is 9.89. The number of carboxylic acids is 1. The molecule has 3 rings (SSSR count). The number of carbonyl (C=O) groups excluding carboxylic acids is 1. The van der Waals surface area contributed by atoms with Crippen LogP contribution in [0.5, 0.6) is 5.75 Å². The highest BCUT2D eigenvalue weighted by atomic mass is 16.4. The first-order chi connectivity index (χ1) is 15.0. The minimum atomic E-state index is -1.06. The van der Waals surface area contributed by atoms with Crippen LogP contribution >= 0.6 is 0 Å². The molecule has 1 aliphatic carbocycles. The van der Waals surface area contributed by atoms with Gasteiger partial charge in [0.15, 0.2) is 0 Å². The lowest BCUT2D eigenvalue weighted by Gasteiger charge is -2.40. The molecule has 6 heteroatoms. The highest BCUT2D eigenvalue weighted by Crippen LogP contribution is 2.45. The largest absolute Gasteiger partial charge is 0.508 e. The second kappa shape index (κ2) is 9.49. The molecule has 32 heavy (non-hydrogen) atoms. The van der Waals surface area contributed by atoms with Gasteiger partial charge in [-0.25, -0.2) is 0 Å². The first kappa shape index (κ1) is 24.1. The second-order valence-corrected chi connectivity index (χ2v) is 9.89. The number of hydrogen-bond acceptors (Lipinski definition) is 4. The molecule has 6 nitrogen and oxygen atoms in total. The molecule has 0 radical (unpaired) electrons. The van der Waals surface area contributed by atoms with Gasteiger partial charge in [0.1, 0.15) is 12.3 Å². The number of hydrogen-bond donors (Lipinski definition) is 3. The smallest absolute Gasteiger partial charge is 0.323 e. The van der Waals surface area contributed by atoms with Crippen LogP contribution in [0.4, 0.5) is 0 Å². The topological polar surface area (TPSA) is 98.1 Å². The lowest BCUT2D eigenvalue weighted by atomic mass is 9.67. The van der Waals surface area contributed by atoms with Crippen molar-refractivity contribution in [2.45, 2.75) is 78.9 Å². The van der Waals surface area contributed by atoms with Crippen LogP contribution in [-0.2, 0) is 24.2 Å². The summed E-state index contributed by atoms with van der Waals surface area (Å²) in [6.45, 7) is 8.28. The van der Waals surface area contributed by atoms with Crippen LogP contribution in [0.3, 0.4) is 0 Å². The molecule has 174 valence electrons. The van der Waals surface area contributed by atoms with Crippen LogP contribution in [-0.4, -0.2) is 44.7 Å². The summed E-state index contributed by atoms with van der Waals surface area (Å²) in [4.78, 5) is 25.1. The highest BCUT2D eigenvalue weighted by molar-refractivity contribution is 6.00. The van der Waals surface area contributed by atoms with E-state index >= 15 is 0 Å². The van der Waals surface area contributed by atoms with Crippen molar-refractivity contribution in [2.24, 2.45) is 5.41 Å². The molecule has 1 aromatic carbocycles. The Morgan fingerprint density at radius 1 is 1.19 bits per heavy atom. The third-order valence-corrected chi connectivity index (χ3v) is 6.92. The number of aliphatic hydroxyl groups is 1. The number of nitrogens with zero attached hydrogens (tertiary/aromatic N) is 1. The van der Waals surface area contributed by atoms with Crippen LogP contribution in [0.15, 0.2) is 29.4 Å². The van der Waals surface area contributed by atoms with Gasteiger partial charge >= 0.3 is 5.97 Å². The molecule has 0 aromatic heterocycles. The molecule has 0 saturated heterocycles. The number of allylic oxidation sites excluding steroid dienone is 4. The van der Waals surface area contributed by atoms with Crippen molar-refractivity contribution in [1.29, 1.82) is 0 Å². The molecule has 1 amide bonds. The molecular formula is C26H35NO5. The number of carbonyl (C=O) groups is 2. The lowest BCUT2D eigenvalue weighted by Crippen LogP contribution is -2.40. The molecule has 0 bridgehead atoms. The van der Waals surface area contributed by atoms with Crippen molar-refractivity contribution in [1.82, 2.24) is 4.90 Å². The van der Waals surface area contributed by atoms with E-state index in [0.717, 1.165) is 36.8 Å². The maximum absolute atomic E-state index is 12.7. The summed E-state index contributed by atoms with van der Waals surface area (Å²) >= 11 is 0. The van der Waals surface area contributed by atoms with Crippen molar-refractivity contribution in [2.75, 3.05) is 6.54 Å². The van der Waals surface area contributed by atoms with Crippen molar-refractivity contribution in [3.63, 3.8) is 0 Å². The van der Waals surface area contributed by atoms with Gasteiger partial charge in [-0.15, -0.1) is 0 Å². The van der Waals surface area contributed by atoms with Crippen LogP contribution in [0.1, 0.15) is 80.4 Å². The fourth-order valence-corrected chi connectivity index (χ4v) is 4.90. The van der Waals surface area contributed by atoms with Crippen molar-refractivity contribution < 1.29 is 24.9 Å². The van der Waals surface area contributed by atoms with E-state index in [9.17, 15) is 19.8 Å². The molecule has 3 N–H and O–H groups in total. The number of benzene rings is 1. The van der Waals surface area contributed by atoms with E-state index in [1.165, 1.54) is 22.1 Å². The highest BCUT2D eigenvalue weighted by Gasteiger charge is 2.42. The monoisotopic (exact) mass is 441 g/mol. The van der Waals surface area contributed by atoms with E-state index in [2.05, 4.69) is 39.8 Å². The predicted molar refractivity (Wildman–Crippen MR) is 124 cm³/mol. The maximum atomic E-state index is 12.7. The van der Waals surface area contributed by atoms with Crippen molar-refractivity contribution in [3.05, 3.63) is 51.6 Å². The van der Waals surface area contributed by atoms with Gasteiger partial charge in [-0.05, 0) is 75.5 Å². The third-order valence-electron chi connectivity index (χ3n) is 6.92. The summed E-state index contributed by atoms with van der Waals surface area (Å²) in [5.41, 5.74) is 5.06. The summed E-state index contributed by atoms with van der Waals surface area (Å²) in [5.74, 6) is -1.40. The minimum Gasteiger partial charge on any atom is -0.508 e. The molecule has 2 unspecified atom stereocenters. The number of aromatic hydroxyl groups is 1. The summed E-state index contributed by atoms with van der Waals surface area (Å²) in [6.07, 6.45) is 8.49. The van der Waals surface area contributed by atoms with Gasteiger partial charge in [-0.2, -0.15) is 0 Å². The molecule has 1 aliphatic heterocycles. The van der Waals surface area contributed by atoms with Gasteiger partial charge in [0, 0.05) is 24.1 Å². The molecule has 2 atom stereocenters. The Kier molecular flexibility index (Phi) is 7.13. The Hall–Kier alpha value is -2.60. The number of fused-ring (bicyclic) bond motifs is 3. The van der Waals surface area contributed by atoms with E-state index in [1.54, 1.807) is 0 Å². The number of phenolic OH excluding ortho intramolecular Hbond substituents is 1. The average Bonchev–Trinajstić information content (AvgIpc) is 2.98. The number of phenols is 1. The zero-order valence-corrected chi connectivity index (χ0v) is 19.6. The molecule has 0 spiro atoms. The molecule has 1 heterocycles. The van der Waals surface area contributed by atoms with Crippen LogP contribution in [0, 0.1) is 5.41 Å². The van der Waals surface area contributed by atoms with E-state index in [4.69, 9.17) is 5.11 Å². The van der Waals surface area contributed by atoms with Crippen LogP contribution in [0.25, 0.3) is 0 Å². The van der Waals surface area contributed by atoms with E-state index in [1.807, 2.05) is 0 Å². The number of aliphatic carboxylic acids is 1. The number of aliphatic hydroxyl groups excluding tert-OH is 1. The van der Waals surface area contributed by atoms with Crippen molar-refractivity contribution in [3.8, 4) is 5.75 Å². The van der Waals surface area contributed by atoms with Gasteiger partial charge in [0.2, 0.25) is 0 Å². The third kappa shape index (κ3) is 5.07. The van der Waals surface area contributed by atoms with Gasteiger partial charge in [0.05, 0.1) is 6.10 Å². The fraction of sp³-hybridized carbons (Fsp3) is 0.538. The maximum Gasteiger partial charge on any atom is 0.323 e. The van der Waals surface area contributed by atoms with E-state index in [0.29, 0.717) is 24.0 Å². The average molecular weight is 442 g/mol. The molecule has 0 saturated carbocycles. The Morgan fingerprint density at radius 2 is 1.91 bits per heavy atom. The normalized spacial score (nSPS) is 22.5. The number of amides is 1.